The molecule has 0 atom stereocenters. The summed E-state index contributed by atoms with van der Waals surface area (Å²) in [7, 11) is -4.01. The van der Waals surface area contributed by atoms with Gasteiger partial charge in [-0.2, -0.15) is 5.10 Å². The summed E-state index contributed by atoms with van der Waals surface area (Å²) in [6.45, 7) is 3.68. The maximum absolute atomic E-state index is 12.7. The first-order valence-corrected chi connectivity index (χ1v) is 10.3. The van der Waals surface area contributed by atoms with Crippen LogP contribution in [0.15, 0.2) is 70.9 Å². The molecule has 1 aromatic heterocycles. The lowest BCUT2D eigenvalue weighted by Gasteiger charge is -2.12. The highest BCUT2D eigenvalue weighted by atomic mass is 32.2. The zero-order valence-electron chi connectivity index (χ0n) is 16.2. The van der Waals surface area contributed by atoms with Crippen LogP contribution in [0.2, 0.25) is 0 Å². The van der Waals surface area contributed by atoms with Crippen LogP contribution in [0.4, 0.5) is 17.1 Å². The number of sulfonamides is 1. The third-order valence-corrected chi connectivity index (χ3v) is 5.57. The van der Waals surface area contributed by atoms with Crippen molar-refractivity contribution in [3.05, 3.63) is 87.7 Å². The number of aromatic nitrogens is 1. The smallest absolute Gasteiger partial charge is 0.279 e. The Kier molecular flexibility index (Phi) is 6.07. The molecule has 0 spiro atoms. The van der Waals surface area contributed by atoms with Crippen LogP contribution in [0.5, 0.6) is 0 Å². The van der Waals surface area contributed by atoms with E-state index in [1.807, 2.05) is 13.0 Å². The van der Waals surface area contributed by atoms with Gasteiger partial charge in [-0.15, -0.1) is 0 Å². The molecule has 30 heavy (non-hydrogen) atoms. The number of hydrogen-bond donors (Lipinski definition) is 2. The number of aryl methyl sites for hydroxylation is 2. The largest absolute Gasteiger partial charge is 0.295 e. The maximum atomic E-state index is 12.7. The van der Waals surface area contributed by atoms with Crippen LogP contribution < -0.4 is 10.1 Å². The predicted molar refractivity (Wildman–Crippen MR) is 115 cm³/mol. The molecule has 0 aliphatic rings. The first-order chi connectivity index (χ1) is 14.3. The van der Waals surface area contributed by atoms with Gasteiger partial charge in [-0.1, -0.05) is 17.7 Å². The molecule has 1 heterocycles. The van der Waals surface area contributed by atoms with Crippen LogP contribution in [0.1, 0.15) is 16.7 Å². The van der Waals surface area contributed by atoms with Gasteiger partial charge in [0.2, 0.25) is 0 Å². The minimum Gasteiger partial charge on any atom is -0.279 e. The molecule has 2 aromatic carbocycles. The van der Waals surface area contributed by atoms with Crippen molar-refractivity contribution in [3.63, 3.8) is 0 Å². The highest BCUT2D eigenvalue weighted by Gasteiger charge is 2.22. The van der Waals surface area contributed by atoms with Crippen LogP contribution in [0, 0.1) is 24.0 Å². The van der Waals surface area contributed by atoms with E-state index in [9.17, 15) is 18.5 Å². The van der Waals surface area contributed by atoms with Crippen LogP contribution >= 0.6 is 0 Å². The van der Waals surface area contributed by atoms with E-state index in [-0.39, 0.29) is 10.6 Å². The first kappa shape index (κ1) is 20.9. The van der Waals surface area contributed by atoms with E-state index < -0.39 is 20.6 Å². The van der Waals surface area contributed by atoms with Crippen LogP contribution in [0.3, 0.4) is 0 Å². The van der Waals surface area contributed by atoms with E-state index in [0.717, 1.165) is 22.8 Å². The highest BCUT2D eigenvalue weighted by molar-refractivity contribution is 7.92. The number of nitrogens with one attached hydrogen (secondary N) is 2. The van der Waals surface area contributed by atoms with Gasteiger partial charge >= 0.3 is 0 Å². The molecule has 0 unspecified atom stereocenters. The molecule has 9 nitrogen and oxygen atoms in total. The quantitative estimate of drug-likeness (QED) is 0.336. The van der Waals surface area contributed by atoms with Gasteiger partial charge in [-0.3, -0.25) is 25.2 Å². The Morgan fingerprint density at radius 2 is 1.73 bits per heavy atom. The van der Waals surface area contributed by atoms with Crippen molar-refractivity contribution in [2.24, 2.45) is 5.10 Å². The highest BCUT2D eigenvalue weighted by Crippen LogP contribution is 2.29. The van der Waals surface area contributed by atoms with E-state index in [2.05, 4.69) is 20.2 Å². The van der Waals surface area contributed by atoms with Crippen LogP contribution in [-0.2, 0) is 10.0 Å². The monoisotopic (exact) mass is 425 g/mol. The fourth-order valence-corrected chi connectivity index (χ4v) is 3.83. The predicted octanol–water partition coefficient (Wildman–Crippen LogP) is 3.85. The number of nitro groups is 1. The van der Waals surface area contributed by atoms with Gasteiger partial charge in [0.15, 0.2) is 0 Å². The van der Waals surface area contributed by atoms with E-state index in [0.29, 0.717) is 5.69 Å². The number of nitrogens with zero attached hydrogens (tertiary/aromatic N) is 3. The van der Waals surface area contributed by atoms with Gasteiger partial charge in [-0.05, 0) is 55.3 Å². The Hall–Kier alpha value is -3.79. The average molecular weight is 425 g/mol. The van der Waals surface area contributed by atoms with Crippen molar-refractivity contribution < 1.29 is 13.3 Å². The molecular formula is C20H19N5O4S. The molecule has 3 aromatic rings. The SMILES string of the molecule is Cc1ccc(NS(=O)(=O)c2ccc(N/N=C/c3ccncc3)c([N+](=O)[O-])c2)c(C)c1. The zero-order chi connectivity index (χ0) is 21.7. The number of pyridine rings is 1. The molecule has 0 aliphatic heterocycles. The number of rotatable bonds is 7. The Morgan fingerprint density at radius 1 is 1.03 bits per heavy atom. The standard InChI is InChI=1S/C20H19N5O4S/c1-14-3-5-18(15(2)11-14)24-30(28,29)17-4-6-19(20(12-17)25(26)27)23-22-13-16-7-9-21-10-8-16/h3-13,23-24H,1-2H3/b22-13+. The van der Waals surface area contributed by atoms with Gasteiger partial charge < -0.3 is 0 Å². The summed E-state index contributed by atoms with van der Waals surface area (Å²) in [6.07, 6.45) is 4.65. The average Bonchev–Trinajstić information content (AvgIpc) is 2.71. The third-order valence-electron chi connectivity index (χ3n) is 4.21. The van der Waals surface area contributed by atoms with Crippen molar-refractivity contribution >= 4 is 33.3 Å². The van der Waals surface area contributed by atoms with Gasteiger partial charge in [0, 0.05) is 18.5 Å². The summed E-state index contributed by atoms with van der Waals surface area (Å²) in [5, 5.41) is 15.4. The molecule has 0 saturated carbocycles. The van der Waals surface area contributed by atoms with Crippen LogP contribution in [-0.4, -0.2) is 24.5 Å². The van der Waals surface area contributed by atoms with Gasteiger partial charge in [0.1, 0.15) is 5.69 Å². The topological polar surface area (TPSA) is 127 Å². The molecule has 2 N–H and O–H groups in total. The number of anilines is 2. The minimum atomic E-state index is -4.01. The molecular weight excluding hydrogens is 406 g/mol. The molecule has 0 bridgehead atoms. The number of benzene rings is 2. The van der Waals surface area contributed by atoms with Crippen molar-refractivity contribution in [3.8, 4) is 0 Å². The maximum Gasteiger partial charge on any atom is 0.295 e. The van der Waals surface area contributed by atoms with Crippen LogP contribution in [0.25, 0.3) is 0 Å². The van der Waals surface area contributed by atoms with Crippen molar-refractivity contribution in [1.29, 1.82) is 0 Å². The normalized spacial score (nSPS) is 11.4. The minimum absolute atomic E-state index is 0.0655. The molecule has 0 amide bonds. The summed E-state index contributed by atoms with van der Waals surface area (Å²) in [4.78, 5) is 14.5. The lowest BCUT2D eigenvalue weighted by Crippen LogP contribution is -2.14. The lowest BCUT2D eigenvalue weighted by molar-refractivity contribution is -0.384. The Bertz CT molecular complexity index is 1210. The second-order valence-corrected chi connectivity index (χ2v) is 8.19. The van der Waals surface area contributed by atoms with E-state index in [1.54, 1.807) is 43.6 Å². The first-order valence-electron chi connectivity index (χ1n) is 8.84. The molecule has 0 fully saturated rings. The lowest BCUT2D eigenvalue weighted by atomic mass is 10.1. The molecule has 0 saturated heterocycles. The summed E-state index contributed by atoms with van der Waals surface area (Å²) in [5.74, 6) is 0. The van der Waals surface area contributed by atoms with Crippen molar-refractivity contribution in [1.82, 2.24) is 4.98 Å². The molecule has 154 valence electrons. The van der Waals surface area contributed by atoms with E-state index in [4.69, 9.17) is 0 Å². The molecule has 3 rings (SSSR count). The summed E-state index contributed by atoms with van der Waals surface area (Å²) >= 11 is 0. The summed E-state index contributed by atoms with van der Waals surface area (Å²) < 4.78 is 27.9. The Morgan fingerprint density at radius 3 is 2.40 bits per heavy atom. The zero-order valence-corrected chi connectivity index (χ0v) is 17.1. The Balaban J connectivity index is 1.86. The van der Waals surface area contributed by atoms with Crippen molar-refractivity contribution in [2.45, 2.75) is 18.7 Å². The fourth-order valence-electron chi connectivity index (χ4n) is 2.68. The summed E-state index contributed by atoms with van der Waals surface area (Å²) in [5.41, 5.74) is 5.13. The number of hydrogen-bond acceptors (Lipinski definition) is 7. The van der Waals surface area contributed by atoms with Gasteiger partial charge in [0.25, 0.3) is 15.7 Å². The number of hydrazone groups is 1. The third kappa shape index (κ3) is 4.97. The fraction of sp³-hybridized carbons (Fsp3) is 0.100. The van der Waals surface area contributed by atoms with E-state index in [1.165, 1.54) is 18.3 Å². The molecule has 0 aliphatic carbocycles. The van der Waals surface area contributed by atoms with Gasteiger partial charge in [-0.25, -0.2) is 8.42 Å². The van der Waals surface area contributed by atoms with Crippen molar-refractivity contribution in [2.75, 3.05) is 10.1 Å². The van der Waals surface area contributed by atoms with E-state index >= 15 is 0 Å². The number of nitro benzene ring substituents is 1. The summed E-state index contributed by atoms with van der Waals surface area (Å²) in [6, 6.07) is 12.3. The van der Waals surface area contributed by atoms with Gasteiger partial charge in [0.05, 0.1) is 21.7 Å². The molecule has 10 heteroatoms. The second kappa shape index (κ2) is 8.70. The second-order valence-electron chi connectivity index (χ2n) is 6.51. The Labute approximate surface area is 173 Å². The molecule has 0 radical (unpaired) electrons.